The van der Waals surface area contributed by atoms with Crippen LogP contribution >= 0.6 is 0 Å². The van der Waals surface area contributed by atoms with Gasteiger partial charge in [0.2, 0.25) is 0 Å². The van der Waals surface area contributed by atoms with E-state index in [2.05, 4.69) is 10.4 Å². The van der Waals surface area contributed by atoms with Crippen LogP contribution in [0.25, 0.3) is 5.69 Å². The van der Waals surface area contributed by atoms with Gasteiger partial charge in [0.05, 0.1) is 18.7 Å². The first-order valence-corrected chi connectivity index (χ1v) is 8.30. The topological polar surface area (TPSA) is 76.4 Å². The van der Waals surface area contributed by atoms with E-state index in [-0.39, 0.29) is 5.92 Å². The van der Waals surface area contributed by atoms with Gasteiger partial charge in [0.25, 0.3) is 0 Å². The molecule has 1 aromatic carbocycles. The van der Waals surface area contributed by atoms with Gasteiger partial charge in [-0.05, 0) is 37.8 Å². The highest BCUT2D eigenvalue weighted by molar-refractivity contribution is 5.70. The first kappa shape index (κ1) is 16.5. The largest absolute Gasteiger partial charge is 0.496 e. The molecule has 1 aliphatic carbocycles. The monoisotopic (exact) mass is 329 g/mol. The van der Waals surface area contributed by atoms with Crippen molar-refractivity contribution in [3.8, 4) is 11.4 Å². The second-order valence-electron chi connectivity index (χ2n) is 6.21. The van der Waals surface area contributed by atoms with E-state index in [9.17, 15) is 4.79 Å². The van der Waals surface area contributed by atoms with Crippen molar-refractivity contribution in [3.63, 3.8) is 0 Å². The normalized spacial score (nSPS) is 20.7. The summed E-state index contributed by atoms with van der Waals surface area (Å²) < 4.78 is 7.31. The van der Waals surface area contributed by atoms with Crippen LogP contribution in [0.5, 0.6) is 5.75 Å². The first-order valence-electron chi connectivity index (χ1n) is 8.30. The van der Waals surface area contributed by atoms with Gasteiger partial charge in [-0.15, -0.1) is 0 Å². The first-order chi connectivity index (χ1) is 11.7. The van der Waals surface area contributed by atoms with Gasteiger partial charge in [0, 0.05) is 36.6 Å². The fourth-order valence-corrected chi connectivity index (χ4v) is 3.24. The second kappa shape index (κ2) is 7.49. The molecule has 0 spiro atoms. The quantitative estimate of drug-likeness (QED) is 0.852. The highest BCUT2D eigenvalue weighted by Gasteiger charge is 2.25. The van der Waals surface area contributed by atoms with Gasteiger partial charge in [0.1, 0.15) is 5.75 Å². The molecule has 128 valence electrons. The number of hydrogen-bond donors (Lipinski definition) is 2. The van der Waals surface area contributed by atoms with Crippen LogP contribution in [-0.4, -0.2) is 34.0 Å². The molecular formula is C18H23N3O3. The third-order valence-electron chi connectivity index (χ3n) is 4.70. The van der Waals surface area contributed by atoms with Gasteiger partial charge >= 0.3 is 5.97 Å². The van der Waals surface area contributed by atoms with Crippen molar-refractivity contribution in [3.05, 3.63) is 42.2 Å². The van der Waals surface area contributed by atoms with E-state index in [1.165, 1.54) is 0 Å². The summed E-state index contributed by atoms with van der Waals surface area (Å²) in [6.07, 6.45) is 6.96. The number of ether oxygens (including phenoxy) is 1. The van der Waals surface area contributed by atoms with Crippen LogP contribution in [-0.2, 0) is 11.3 Å². The van der Waals surface area contributed by atoms with Gasteiger partial charge in [0.15, 0.2) is 0 Å². The van der Waals surface area contributed by atoms with Crippen LogP contribution in [0.2, 0.25) is 0 Å². The Morgan fingerprint density at radius 2 is 2.17 bits per heavy atom. The molecule has 1 aliphatic rings. The van der Waals surface area contributed by atoms with Crippen LogP contribution in [0.4, 0.5) is 0 Å². The number of benzene rings is 1. The van der Waals surface area contributed by atoms with Crippen LogP contribution < -0.4 is 10.1 Å². The van der Waals surface area contributed by atoms with Crippen LogP contribution in [0, 0.1) is 5.92 Å². The molecule has 0 bridgehead atoms. The second-order valence-corrected chi connectivity index (χ2v) is 6.21. The molecular weight excluding hydrogens is 306 g/mol. The third-order valence-corrected chi connectivity index (χ3v) is 4.70. The number of carboxylic acid groups (broad SMARTS) is 1. The van der Waals surface area contributed by atoms with E-state index < -0.39 is 5.97 Å². The predicted molar refractivity (Wildman–Crippen MR) is 90.3 cm³/mol. The number of nitrogens with zero attached hydrogens (tertiary/aromatic N) is 2. The standard InChI is InChI=1S/C18H23N3O3/c1-24-17-11-16(21-10-2-9-20-21)8-5-14(17)12-19-15-6-3-13(4-7-15)18(22)23/h2,5,8-11,13,15,19H,3-4,6-7,12H2,1H3,(H,22,23). The summed E-state index contributed by atoms with van der Waals surface area (Å²) in [6.45, 7) is 0.713. The molecule has 6 heteroatoms. The maximum absolute atomic E-state index is 11.0. The number of aromatic nitrogens is 2. The third kappa shape index (κ3) is 3.76. The zero-order valence-electron chi connectivity index (χ0n) is 13.8. The Hall–Kier alpha value is -2.34. The predicted octanol–water partition coefficient (Wildman–Crippen LogP) is 2.61. The van der Waals surface area contributed by atoms with Crippen molar-refractivity contribution in [1.29, 1.82) is 0 Å². The van der Waals surface area contributed by atoms with E-state index in [4.69, 9.17) is 9.84 Å². The van der Waals surface area contributed by atoms with Crippen LogP contribution in [0.15, 0.2) is 36.7 Å². The van der Waals surface area contributed by atoms with Gasteiger partial charge < -0.3 is 15.2 Å². The van der Waals surface area contributed by atoms with Gasteiger partial charge in [-0.25, -0.2) is 4.68 Å². The van der Waals surface area contributed by atoms with Crippen molar-refractivity contribution >= 4 is 5.97 Å². The van der Waals surface area contributed by atoms with E-state index in [1.807, 2.05) is 30.5 Å². The van der Waals surface area contributed by atoms with Crippen molar-refractivity contribution in [2.75, 3.05) is 7.11 Å². The maximum Gasteiger partial charge on any atom is 0.306 e. The molecule has 0 saturated heterocycles. The smallest absolute Gasteiger partial charge is 0.306 e. The Morgan fingerprint density at radius 3 is 2.79 bits per heavy atom. The summed E-state index contributed by atoms with van der Waals surface area (Å²) >= 11 is 0. The summed E-state index contributed by atoms with van der Waals surface area (Å²) in [5.41, 5.74) is 2.05. The molecule has 2 aromatic rings. The van der Waals surface area contributed by atoms with Crippen molar-refractivity contribution in [2.45, 2.75) is 38.3 Å². The number of carboxylic acids is 1. The summed E-state index contributed by atoms with van der Waals surface area (Å²) in [4.78, 5) is 11.0. The number of carbonyl (C=O) groups is 1. The lowest BCUT2D eigenvalue weighted by atomic mass is 9.86. The zero-order chi connectivity index (χ0) is 16.9. The Balaban J connectivity index is 1.60. The molecule has 24 heavy (non-hydrogen) atoms. The van der Waals surface area contributed by atoms with E-state index in [0.717, 1.165) is 42.7 Å². The molecule has 0 atom stereocenters. The average molecular weight is 329 g/mol. The highest BCUT2D eigenvalue weighted by Crippen LogP contribution is 2.26. The van der Waals surface area contributed by atoms with Crippen molar-refractivity contribution in [1.82, 2.24) is 15.1 Å². The molecule has 1 heterocycles. The minimum atomic E-state index is -0.663. The lowest BCUT2D eigenvalue weighted by Crippen LogP contribution is -2.34. The number of aliphatic carboxylic acids is 1. The zero-order valence-corrected chi connectivity index (χ0v) is 13.8. The number of rotatable bonds is 6. The van der Waals surface area contributed by atoms with E-state index in [0.29, 0.717) is 12.6 Å². The minimum Gasteiger partial charge on any atom is -0.496 e. The van der Waals surface area contributed by atoms with E-state index in [1.54, 1.807) is 18.0 Å². The molecule has 3 rings (SSSR count). The number of hydrogen-bond acceptors (Lipinski definition) is 4. The molecule has 1 aromatic heterocycles. The average Bonchev–Trinajstić information content (AvgIpc) is 3.14. The molecule has 2 N–H and O–H groups in total. The fraction of sp³-hybridized carbons (Fsp3) is 0.444. The molecule has 1 fully saturated rings. The Bertz CT molecular complexity index is 677. The molecule has 1 saturated carbocycles. The number of nitrogens with one attached hydrogen (secondary N) is 1. The SMILES string of the molecule is COc1cc(-n2cccn2)ccc1CNC1CCC(C(=O)O)CC1. The Labute approximate surface area is 141 Å². The van der Waals surface area contributed by atoms with Crippen molar-refractivity contribution in [2.24, 2.45) is 5.92 Å². The Morgan fingerprint density at radius 1 is 1.38 bits per heavy atom. The summed E-state index contributed by atoms with van der Waals surface area (Å²) in [7, 11) is 1.67. The fourth-order valence-electron chi connectivity index (χ4n) is 3.24. The molecule has 0 amide bonds. The lowest BCUT2D eigenvalue weighted by Gasteiger charge is -2.27. The lowest BCUT2D eigenvalue weighted by molar-refractivity contribution is -0.142. The maximum atomic E-state index is 11.0. The number of methoxy groups -OCH3 is 1. The molecule has 6 nitrogen and oxygen atoms in total. The molecule has 0 radical (unpaired) electrons. The van der Waals surface area contributed by atoms with E-state index >= 15 is 0 Å². The molecule has 0 aliphatic heterocycles. The minimum absolute atomic E-state index is 0.175. The summed E-state index contributed by atoms with van der Waals surface area (Å²) in [5.74, 6) is -0.00927. The Kier molecular flexibility index (Phi) is 5.15. The van der Waals surface area contributed by atoms with Crippen LogP contribution in [0.3, 0.4) is 0 Å². The molecule has 0 unspecified atom stereocenters. The highest BCUT2D eigenvalue weighted by atomic mass is 16.5. The summed E-state index contributed by atoms with van der Waals surface area (Å²) in [6, 6.07) is 8.30. The van der Waals surface area contributed by atoms with Gasteiger partial charge in [-0.3, -0.25) is 4.79 Å². The summed E-state index contributed by atoms with van der Waals surface area (Å²) in [5, 5.41) is 16.8. The van der Waals surface area contributed by atoms with Gasteiger partial charge in [-0.1, -0.05) is 6.07 Å². The van der Waals surface area contributed by atoms with Crippen molar-refractivity contribution < 1.29 is 14.6 Å². The van der Waals surface area contributed by atoms with Gasteiger partial charge in [-0.2, -0.15) is 5.10 Å². The van der Waals surface area contributed by atoms with Crippen LogP contribution in [0.1, 0.15) is 31.2 Å².